The summed E-state index contributed by atoms with van der Waals surface area (Å²) in [6, 6.07) is 74.8. The van der Waals surface area contributed by atoms with Gasteiger partial charge >= 0.3 is 0 Å². The molecule has 0 fully saturated rings. The first-order chi connectivity index (χ1) is 29.5. The topological polar surface area (TPSA) is 21.3 Å². The molecular formula is C57H40N2O. The average molecular weight is 769 g/mol. The summed E-state index contributed by atoms with van der Waals surface area (Å²) in [6.07, 6.45) is 0. The van der Waals surface area contributed by atoms with Crippen LogP contribution in [0.2, 0.25) is 0 Å². The number of furan rings is 1. The zero-order chi connectivity index (χ0) is 40.0. The summed E-state index contributed by atoms with van der Waals surface area (Å²) in [6.45, 7) is 4.75. The minimum atomic E-state index is -0.238. The normalized spacial score (nSPS) is 13.0. The molecule has 284 valence electrons. The standard InChI is InChI=1S/C57H40N2O/c1-57(2)50-35-40(39-27-33-53-49(34-39)46-18-9-11-21-52(46)59(53)41-16-7-4-8-17-41)26-31-44(50)45-32-30-43(36-51(45)57)58(42-28-24-38(25-29-42)37-14-5-3-6-15-37)54-22-13-20-48-47-19-10-12-23-55(47)60-56(48)54/h3-36H,1-2H3. The van der Waals surface area contributed by atoms with Gasteiger partial charge in [0.1, 0.15) is 5.58 Å². The van der Waals surface area contributed by atoms with Crippen molar-refractivity contribution in [1.29, 1.82) is 0 Å². The van der Waals surface area contributed by atoms with Crippen molar-refractivity contribution in [3.05, 3.63) is 217 Å². The van der Waals surface area contributed by atoms with E-state index in [0.29, 0.717) is 0 Å². The summed E-state index contributed by atoms with van der Waals surface area (Å²) in [4.78, 5) is 2.37. The average Bonchev–Trinajstić information content (AvgIpc) is 3.93. The van der Waals surface area contributed by atoms with Crippen LogP contribution in [0.15, 0.2) is 211 Å². The number of para-hydroxylation sites is 4. The van der Waals surface area contributed by atoms with Crippen LogP contribution < -0.4 is 4.90 Å². The van der Waals surface area contributed by atoms with E-state index in [0.717, 1.165) is 39.0 Å². The molecule has 1 aliphatic carbocycles. The van der Waals surface area contributed by atoms with Crippen LogP contribution in [0.5, 0.6) is 0 Å². The first kappa shape index (κ1) is 34.4. The number of benzene rings is 9. The van der Waals surface area contributed by atoms with Crippen LogP contribution in [0.4, 0.5) is 17.1 Å². The van der Waals surface area contributed by atoms with Crippen molar-refractivity contribution >= 4 is 60.8 Å². The Hall–Kier alpha value is -7.62. The molecular weight excluding hydrogens is 729 g/mol. The lowest BCUT2D eigenvalue weighted by molar-refractivity contribution is 0.660. The second-order valence-electron chi connectivity index (χ2n) is 16.5. The number of anilines is 3. The van der Waals surface area contributed by atoms with E-state index in [-0.39, 0.29) is 5.41 Å². The van der Waals surface area contributed by atoms with E-state index >= 15 is 0 Å². The lowest BCUT2D eigenvalue weighted by atomic mass is 9.81. The molecule has 0 unspecified atom stereocenters. The fourth-order valence-corrected chi connectivity index (χ4v) is 9.82. The second-order valence-corrected chi connectivity index (χ2v) is 16.5. The van der Waals surface area contributed by atoms with Crippen LogP contribution in [0, 0.1) is 0 Å². The minimum absolute atomic E-state index is 0.238. The Morgan fingerprint density at radius 2 is 1.00 bits per heavy atom. The van der Waals surface area contributed by atoms with Gasteiger partial charge in [-0.3, -0.25) is 0 Å². The van der Waals surface area contributed by atoms with Gasteiger partial charge < -0.3 is 13.9 Å². The quantitative estimate of drug-likeness (QED) is 0.168. The van der Waals surface area contributed by atoms with Crippen LogP contribution >= 0.6 is 0 Å². The first-order valence-electron chi connectivity index (χ1n) is 20.8. The summed E-state index contributed by atoms with van der Waals surface area (Å²) in [5.74, 6) is 0. The largest absolute Gasteiger partial charge is 0.454 e. The molecule has 0 atom stereocenters. The summed E-state index contributed by atoms with van der Waals surface area (Å²) < 4.78 is 9.05. The molecule has 0 amide bonds. The van der Waals surface area contributed by atoms with Crippen LogP contribution in [0.25, 0.3) is 82.8 Å². The molecule has 11 aromatic rings. The van der Waals surface area contributed by atoms with Gasteiger partial charge in [-0.25, -0.2) is 0 Å². The highest BCUT2D eigenvalue weighted by Crippen LogP contribution is 2.52. The van der Waals surface area contributed by atoms with Gasteiger partial charge in [-0.2, -0.15) is 0 Å². The molecule has 0 bridgehead atoms. The maximum absolute atomic E-state index is 6.67. The van der Waals surface area contributed by atoms with Gasteiger partial charge in [0.05, 0.1) is 16.7 Å². The molecule has 3 heteroatoms. The lowest BCUT2D eigenvalue weighted by Crippen LogP contribution is -2.16. The maximum Gasteiger partial charge on any atom is 0.159 e. The lowest BCUT2D eigenvalue weighted by Gasteiger charge is -2.28. The van der Waals surface area contributed by atoms with Crippen LogP contribution in [-0.2, 0) is 5.41 Å². The maximum atomic E-state index is 6.67. The number of hydrogen-bond acceptors (Lipinski definition) is 2. The number of nitrogens with zero attached hydrogens (tertiary/aromatic N) is 2. The van der Waals surface area contributed by atoms with Crippen LogP contribution in [-0.4, -0.2) is 4.57 Å². The molecule has 0 saturated heterocycles. The summed E-state index contributed by atoms with van der Waals surface area (Å²) in [7, 11) is 0. The first-order valence-corrected chi connectivity index (χ1v) is 20.8. The van der Waals surface area contributed by atoms with E-state index < -0.39 is 0 Å². The molecule has 2 aromatic heterocycles. The van der Waals surface area contributed by atoms with Gasteiger partial charge in [-0.05, 0) is 117 Å². The molecule has 0 saturated carbocycles. The number of aromatic nitrogens is 1. The Bertz CT molecular complexity index is 3450. The van der Waals surface area contributed by atoms with Crippen molar-refractivity contribution in [2.24, 2.45) is 0 Å². The Morgan fingerprint density at radius 1 is 0.417 bits per heavy atom. The predicted octanol–water partition coefficient (Wildman–Crippen LogP) is 15.8. The molecule has 0 radical (unpaired) electrons. The fourth-order valence-electron chi connectivity index (χ4n) is 9.82. The Labute approximate surface area is 349 Å². The van der Waals surface area contributed by atoms with Crippen molar-refractivity contribution < 1.29 is 4.42 Å². The van der Waals surface area contributed by atoms with Crippen LogP contribution in [0.1, 0.15) is 25.0 Å². The number of rotatable bonds is 6. The third-order valence-electron chi connectivity index (χ3n) is 12.8. The summed E-state index contributed by atoms with van der Waals surface area (Å²) in [5, 5.41) is 4.75. The Balaban J connectivity index is 0.973. The second kappa shape index (κ2) is 13.2. The molecule has 0 spiro atoms. The van der Waals surface area contributed by atoms with E-state index in [9.17, 15) is 0 Å². The van der Waals surface area contributed by atoms with Gasteiger partial charge in [0.2, 0.25) is 0 Å². The summed E-state index contributed by atoms with van der Waals surface area (Å²) >= 11 is 0. The molecule has 60 heavy (non-hydrogen) atoms. The SMILES string of the molecule is CC1(C)c2cc(-c3ccc4c(c3)c3ccccc3n4-c3ccccc3)ccc2-c2ccc(N(c3ccc(-c4ccccc4)cc3)c3cccc4c3oc3ccccc34)cc21. The Kier molecular flexibility index (Phi) is 7.58. The van der Waals surface area contributed by atoms with E-state index in [4.69, 9.17) is 4.42 Å². The van der Waals surface area contributed by atoms with E-state index in [1.54, 1.807) is 0 Å². The van der Waals surface area contributed by atoms with Crippen molar-refractivity contribution in [3.63, 3.8) is 0 Å². The van der Waals surface area contributed by atoms with Crippen molar-refractivity contribution in [2.75, 3.05) is 4.90 Å². The fraction of sp³-hybridized carbons (Fsp3) is 0.0526. The minimum Gasteiger partial charge on any atom is -0.454 e. The molecule has 0 N–H and O–H groups in total. The highest BCUT2D eigenvalue weighted by molar-refractivity contribution is 6.11. The van der Waals surface area contributed by atoms with Gasteiger partial charge in [-0.15, -0.1) is 0 Å². The van der Waals surface area contributed by atoms with Gasteiger partial charge in [0.15, 0.2) is 5.58 Å². The van der Waals surface area contributed by atoms with E-state index in [1.165, 1.54) is 72.0 Å². The van der Waals surface area contributed by atoms with Crippen molar-refractivity contribution in [3.8, 4) is 39.1 Å². The molecule has 0 aliphatic heterocycles. The third kappa shape index (κ3) is 5.22. The highest BCUT2D eigenvalue weighted by Gasteiger charge is 2.36. The monoisotopic (exact) mass is 768 g/mol. The zero-order valence-electron chi connectivity index (χ0n) is 33.4. The molecule has 9 aromatic carbocycles. The third-order valence-corrected chi connectivity index (χ3v) is 12.8. The van der Waals surface area contributed by atoms with Gasteiger partial charge in [0, 0.05) is 44.0 Å². The highest BCUT2D eigenvalue weighted by atomic mass is 16.3. The smallest absolute Gasteiger partial charge is 0.159 e. The van der Waals surface area contributed by atoms with E-state index in [2.05, 4.69) is 224 Å². The zero-order valence-corrected chi connectivity index (χ0v) is 33.4. The Morgan fingerprint density at radius 3 is 1.82 bits per heavy atom. The molecule has 2 heterocycles. The molecule has 12 rings (SSSR count). The van der Waals surface area contributed by atoms with Crippen molar-refractivity contribution in [2.45, 2.75) is 19.3 Å². The van der Waals surface area contributed by atoms with Gasteiger partial charge in [0.25, 0.3) is 0 Å². The predicted molar refractivity (Wildman–Crippen MR) is 251 cm³/mol. The molecule has 3 nitrogen and oxygen atoms in total. The van der Waals surface area contributed by atoms with E-state index in [1.807, 2.05) is 6.07 Å². The van der Waals surface area contributed by atoms with Gasteiger partial charge in [-0.1, -0.05) is 147 Å². The molecule has 1 aliphatic rings. The van der Waals surface area contributed by atoms with Crippen LogP contribution in [0.3, 0.4) is 0 Å². The number of hydrogen-bond donors (Lipinski definition) is 0. The summed E-state index contributed by atoms with van der Waals surface area (Å²) in [5.41, 5.74) is 18.4. The van der Waals surface area contributed by atoms with Crippen molar-refractivity contribution in [1.82, 2.24) is 4.57 Å². The number of fused-ring (bicyclic) bond motifs is 9.